The van der Waals surface area contributed by atoms with Crippen LogP contribution in [0, 0.1) is 0 Å². The number of furan rings is 1. The molecule has 0 atom stereocenters. The lowest BCUT2D eigenvalue weighted by Crippen LogP contribution is -2.14. The van der Waals surface area contributed by atoms with Gasteiger partial charge in [0.05, 0.1) is 13.4 Å². The summed E-state index contributed by atoms with van der Waals surface area (Å²) in [6.45, 7) is 0. The minimum Gasteiger partial charge on any atom is -0.696 e. The molecule has 0 saturated carbocycles. The molecule has 0 aliphatic heterocycles. The summed E-state index contributed by atoms with van der Waals surface area (Å²) in [5.41, 5.74) is 5.67. The molecule has 0 amide bonds. The number of nitrogens with zero attached hydrogens (tertiary/aromatic N) is 3. The van der Waals surface area contributed by atoms with E-state index in [9.17, 15) is 18.0 Å². The molecule has 0 spiro atoms. The minimum absolute atomic E-state index is 0.0586. The molecule has 0 fully saturated rings. The lowest BCUT2D eigenvalue weighted by molar-refractivity contribution is -0.142. The van der Waals surface area contributed by atoms with Crippen molar-refractivity contribution in [3.8, 4) is 17.2 Å². The summed E-state index contributed by atoms with van der Waals surface area (Å²) in [7, 11) is 1.53. The number of aromatic carboxylic acids is 1. The third-order valence-electron chi connectivity index (χ3n) is 3.87. The van der Waals surface area contributed by atoms with Crippen molar-refractivity contribution in [1.29, 1.82) is 0 Å². The number of ether oxygens (including phenoxy) is 1. The van der Waals surface area contributed by atoms with Gasteiger partial charge in [0.1, 0.15) is 11.4 Å². The van der Waals surface area contributed by atoms with Crippen LogP contribution in [-0.2, 0) is 6.18 Å². The fraction of sp³-hybridized carbons (Fsp3) is 0.105. The Morgan fingerprint density at radius 2 is 2.00 bits per heavy atom. The molecule has 3 heterocycles. The largest absolute Gasteiger partial charge is 0.696 e. The van der Waals surface area contributed by atoms with E-state index < -0.39 is 23.5 Å². The molecule has 1 aromatic carbocycles. The SMILES string of the molecule is COc1ccc(Cl)cc1[NH-].O=C(O)c1cc2nc(-c3ccco3)cc(C(F)(F)F)n2n1. The maximum atomic E-state index is 13.1. The molecule has 8 nitrogen and oxygen atoms in total. The van der Waals surface area contributed by atoms with Crippen LogP contribution in [0.1, 0.15) is 16.2 Å². The number of aromatic nitrogens is 3. The molecule has 0 radical (unpaired) electrons. The maximum Gasteiger partial charge on any atom is 0.433 e. The first kappa shape index (κ1) is 22.0. The monoisotopic (exact) mass is 453 g/mol. The van der Waals surface area contributed by atoms with Crippen molar-refractivity contribution in [2.75, 3.05) is 7.11 Å². The summed E-state index contributed by atoms with van der Waals surface area (Å²) in [5, 5.41) is 12.8. The summed E-state index contributed by atoms with van der Waals surface area (Å²) in [5.74, 6) is -0.751. The molecule has 0 aliphatic carbocycles. The molecular weight excluding hydrogens is 441 g/mol. The fourth-order valence-electron chi connectivity index (χ4n) is 2.51. The van der Waals surface area contributed by atoms with Gasteiger partial charge in [-0.15, -0.1) is 0 Å². The van der Waals surface area contributed by atoms with E-state index in [2.05, 4.69) is 10.1 Å². The van der Waals surface area contributed by atoms with Gasteiger partial charge >= 0.3 is 12.1 Å². The number of rotatable bonds is 3. The van der Waals surface area contributed by atoms with E-state index in [4.69, 9.17) is 31.6 Å². The van der Waals surface area contributed by atoms with E-state index in [1.807, 2.05) is 0 Å². The van der Waals surface area contributed by atoms with E-state index in [0.29, 0.717) is 21.0 Å². The Hall–Kier alpha value is -3.73. The zero-order valence-corrected chi connectivity index (χ0v) is 16.4. The van der Waals surface area contributed by atoms with Gasteiger partial charge in [0.2, 0.25) is 0 Å². The topological polar surface area (TPSA) is 114 Å². The van der Waals surface area contributed by atoms with Crippen molar-refractivity contribution in [1.82, 2.24) is 14.6 Å². The van der Waals surface area contributed by atoms with E-state index in [-0.39, 0.29) is 17.1 Å². The lowest BCUT2D eigenvalue weighted by atomic mass is 10.2. The van der Waals surface area contributed by atoms with Crippen LogP contribution in [0.4, 0.5) is 18.9 Å². The summed E-state index contributed by atoms with van der Waals surface area (Å²) in [6, 6.07) is 9.58. The van der Waals surface area contributed by atoms with Gasteiger partial charge in [-0.2, -0.15) is 18.3 Å². The normalized spacial score (nSPS) is 11.1. The van der Waals surface area contributed by atoms with Crippen LogP contribution in [0.15, 0.2) is 53.1 Å². The van der Waals surface area contributed by atoms with Gasteiger partial charge in [0.15, 0.2) is 22.8 Å². The number of carbonyl (C=O) groups is 1. The van der Waals surface area contributed by atoms with Gasteiger partial charge in [-0.25, -0.2) is 14.3 Å². The number of nitrogens with one attached hydrogen (secondary N) is 1. The number of fused-ring (bicyclic) bond motifs is 1. The number of carboxylic acids is 1. The zero-order valence-electron chi connectivity index (χ0n) is 15.6. The van der Waals surface area contributed by atoms with Crippen LogP contribution < -0.4 is 4.74 Å². The van der Waals surface area contributed by atoms with Crippen LogP contribution in [0.3, 0.4) is 0 Å². The van der Waals surface area contributed by atoms with Gasteiger partial charge in [0, 0.05) is 11.1 Å². The zero-order chi connectivity index (χ0) is 22.8. The third kappa shape index (κ3) is 4.89. The van der Waals surface area contributed by atoms with Crippen LogP contribution in [0.5, 0.6) is 5.75 Å². The molecule has 0 unspecified atom stereocenters. The van der Waals surface area contributed by atoms with Crippen molar-refractivity contribution in [2.45, 2.75) is 6.18 Å². The first-order chi connectivity index (χ1) is 14.6. The molecule has 31 heavy (non-hydrogen) atoms. The maximum absolute atomic E-state index is 13.1. The van der Waals surface area contributed by atoms with Gasteiger partial charge in [-0.1, -0.05) is 23.4 Å². The Morgan fingerprint density at radius 3 is 2.55 bits per heavy atom. The first-order valence-corrected chi connectivity index (χ1v) is 8.78. The Bertz CT molecular complexity index is 1220. The Labute approximate surface area is 177 Å². The molecule has 3 aromatic heterocycles. The lowest BCUT2D eigenvalue weighted by Gasteiger charge is -2.09. The number of benzene rings is 1. The predicted octanol–water partition coefficient (Wildman–Crippen LogP) is 5.74. The first-order valence-electron chi connectivity index (χ1n) is 8.40. The van der Waals surface area contributed by atoms with Crippen LogP contribution in [0.25, 0.3) is 22.8 Å². The smallest absolute Gasteiger partial charge is 0.433 e. The van der Waals surface area contributed by atoms with E-state index >= 15 is 0 Å². The molecule has 4 rings (SSSR count). The van der Waals surface area contributed by atoms with Gasteiger partial charge in [-0.05, 0) is 30.3 Å². The number of hydrogen-bond acceptors (Lipinski definition) is 5. The Kier molecular flexibility index (Phi) is 6.07. The number of carboxylic acid groups (broad SMARTS) is 1. The van der Waals surface area contributed by atoms with Crippen molar-refractivity contribution in [2.24, 2.45) is 0 Å². The minimum atomic E-state index is -4.72. The highest BCUT2D eigenvalue weighted by Crippen LogP contribution is 2.32. The van der Waals surface area contributed by atoms with Crippen LogP contribution >= 0.6 is 11.6 Å². The quantitative estimate of drug-likeness (QED) is 0.423. The molecule has 0 bridgehead atoms. The summed E-state index contributed by atoms with van der Waals surface area (Å²) >= 11 is 5.60. The number of alkyl halides is 3. The number of methoxy groups -OCH3 is 1. The number of hydrogen-bond donors (Lipinski definition) is 1. The molecule has 2 N–H and O–H groups in total. The standard InChI is InChI=1S/C12H6F3N3O3.C7H7ClNO/c13-12(14,15)9-4-6(8-2-1-3-21-8)16-10-5-7(11(19)20)17-18(9)10;1-10-7-3-2-5(8)4-6(7)9/h1-5H,(H,19,20);2-4,9H,1H3/q;-1. The molecular formula is C19H13ClF3N4O4-. The van der Waals surface area contributed by atoms with Gasteiger partial charge in [0.25, 0.3) is 0 Å². The predicted molar refractivity (Wildman–Crippen MR) is 105 cm³/mol. The Morgan fingerprint density at radius 1 is 1.26 bits per heavy atom. The van der Waals surface area contributed by atoms with Crippen molar-refractivity contribution >= 4 is 28.9 Å². The third-order valence-corrected chi connectivity index (χ3v) is 4.11. The fourth-order valence-corrected chi connectivity index (χ4v) is 2.68. The molecule has 162 valence electrons. The van der Waals surface area contributed by atoms with Crippen LogP contribution in [-0.4, -0.2) is 32.8 Å². The van der Waals surface area contributed by atoms with Crippen LogP contribution in [0.2, 0.25) is 5.02 Å². The van der Waals surface area contributed by atoms with E-state index in [1.165, 1.54) is 25.5 Å². The molecule has 0 saturated heterocycles. The van der Waals surface area contributed by atoms with Gasteiger partial charge in [-0.3, -0.25) is 0 Å². The van der Waals surface area contributed by atoms with Gasteiger partial charge < -0.3 is 20.0 Å². The molecule has 4 aromatic rings. The highest BCUT2D eigenvalue weighted by atomic mass is 35.5. The summed E-state index contributed by atoms with van der Waals surface area (Å²) in [4.78, 5) is 14.8. The second-order valence-corrected chi connectivity index (χ2v) is 6.39. The second-order valence-electron chi connectivity index (χ2n) is 5.95. The summed E-state index contributed by atoms with van der Waals surface area (Å²) in [6.07, 6.45) is -3.42. The van der Waals surface area contributed by atoms with E-state index in [1.54, 1.807) is 18.2 Å². The van der Waals surface area contributed by atoms with Crippen molar-refractivity contribution < 1.29 is 32.2 Å². The average Bonchev–Trinajstić information content (AvgIpc) is 3.37. The average molecular weight is 454 g/mol. The Balaban J connectivity index is 0.000000229. The highest BCUT2D eigenvalue weighted by molar-refractivity contribution is 6.30. The summed E-state index contributed by atoms with van der Waals surface area (Å²) < 4.78 is 49.6. The second kappa shape index (κ2) is 8.56. The number of halogens is 4. The molecule has 12 heteroatoms. The van der Waals surface area contributed by atoms with E-state index in [0.717, 1.165) is 12.1 Å². The molecule has 0 aliphatic rings. The van der Waals surface area contributed by atoms with Crippen molar-refractivity contribution in [3.63, 3.8) is 0 Å². The highest BCUT2D eigenvalue weighted by Gasteiger charge is 2.35. The van der Waals surface area contributed by atoms with Crippen molar-refractivity contribution in [3.05, 3.63) is 70.9 Å².